The maximum Gasteiger partial charge on any atom is 0.217 e. The van der Waals surface area contributed by atoms with Crippen LogP contribution in [0.1, 0.15) is 24.1 Å². The van der Waals surface area contributed by atoms with Crippen LogP contribution in [0.15, 0.2) is 12.1 Å². The summed E-state index contributed by atoms with van der Waals surface area (Å²) in [5.74, 6) is 1.11. The molecular weight excluding hydrogens is 234 g/mol. The second-order valence-corrected chi connectivity index (χ2v) is 3.95. The summed E-state index contributed by atoms with van der Waals surface area (Å²) in [6.45, 7) is 3.08. The molecule has 0 aliphatic heterocycles. The van der Waals surface area contributed by atoms with Gasteiger partial charge in [0.25, 0.3) is 0 Å². The van der Waals surface area contributed by atoms with Crippen LogP contribution in [0.2, 0.25) is 0 Å². The Morgan fingerprint density at radius 3 is 2.50 bits per heavy atom. The van der Waals surface area contributed by atoms with Gasteiger partial charge in [-0.25, -0.2) is 0 Å². The summed E-state index contributed by atoms with van der Waals surface area (Å²) >= 11 is 0. The topological polar surface area (TPSA) is 67.8 Å². The standard InChI is InChI=1S/C13H19NO4/c1-8-12(17-3)6-5-10(13(8)18-4)11(7-15)14-9(2)16/h5-6,11,15H,7H2,1-4H3,(H,14,16). The first-order valence-corrected chi connectivity index (χ1v) is 5.64. The average molecular weight is 253 g/mol. The molecule has 1 amide bonds. The highest BCUT2D eigenvalue weighted by atomic mass is 16.5. The van der Waals surface area contributed by atoms with Crippen molar-refractivity contribution in [1.82, 2.24) is 5.32 Å². The monoisotopic (exact) mass is 253 g/mol. The highest BCUT2D eigenvalue weighted by molar-refractivity contribution is 5.73. The molecule has 0 spiro atoms. The largest absolute Gasteiger partial charge is 0.496 e. The van der Waals surface area contributed by atoms with Crippen molar-refractivity contribution >= 4 is 5.91 Å². The van der Waals surface area contributed by atoms with Crippen LogP contribution in [0.25, 0.3) is 0 Å². The lowest BCUT2D eigenvalue weighted by atomic mass is 10.0. The van der Waals surface area contributed by atoms with Gasteiger partial charge < -0.3 is 19.9 Å². The molecule has 5 heteroatoms. The van der Waals surface area contributed by atoms with E-state index in [1.807, 2.05) is 6.92 Å². The van der Waals surface area contributed by atoms with Gasteiger partial charge in [-0.1, -0.05) is 0 Å². The number of amides is 1. The second-order valence-electron chi connectivity index (χ2n) is 3.95. The summed E-state index contributed by atoms with van der Waals surface area (Å²) < 4.78 is 10.5. The van der Waals surface area contributed by atoms with Gasteiger partial charge in [0.15, 0.2) is 0 Å². The van der Waals surface area contributed by atoms with Crippen molar-refractivity contribution in [1.29, 1.82) is 0 Å². The predicted molar refractivity (Wildman–Crippen MR) is 67.9 cm³/mol. The second kappa shape index (κ2) is 6.26. The molecule has 0 heterocycles. The molecule has 0 fully saturated rings. The molecule has 0 aliphatic rings. The lowest BCUT2D eigenvalue weighted by Gasteiger charge is -2.21. The molecule has 1 aromatic carbocycles. The Morgan fingerprint density at radius 1 is 1.39 bits per heavy atom. The van der Waals surface area contributed by atoms with Gasteiger partial charge >= 0.3 is 0 Å². The number of ether oxygens (including phenoxy) is 2. The molecular formula is C13H19NO4. The van der Waals surface area contributed by atoms with Crippen molar-refractivity contribution < 1.29 is 19.4 Å². The molecule has 1 unspecified atom stereocenters. The summed E-state index contributed by atoms with van der Waals surface area (Å²) in [6, 6.07) is 3.08. The predicted octanol–water partition coefficient (Wildman–Crippen LogP) is 1.18. The van der Waals surface area contributed by atoms with Gasteiger partial charge in [0, 0.05) is 18.1 Å². The van der Waals surface area contributed by atoms with E-state index in [4.69, 9.17) is 9.47 Å². The van der Waals surface area contributed by atoms with Crippen LogP contribution in [-0.2, 0) is 4.79 Å². The molecule has 1 aromatic rings. The Labute approximate surface area is 107 Å². The molecule has 0 bridgehead atoms. The zero-order valence-corrected chi connectivity index (χ0v) is 11.1. The van der Waals surface area contributed by atoms with Crippen molar-refractivity contribution in [3.63, 3.8) is 0 Å². The van der Waals surface area contributed by atoms with Gasteiger partial charge in [-0.3, -0.25) is 4.79 Å². The fourth-order valence-electron chi connectivity index (χ4n) is 1.93. The molecule has 18 heavy (non-hydrogen) atoms. The number of hydrogen-bond acceptors (Lipinski definition) is 4. The van der Waals surface area contributed by atoms with E-state index in [2.05, 4.69) is 5.32 Å². The van der Waals surface area contributed by atoms with Crippen LogP contribution in [-0.4, -0.2) is 31.8 Å². The lowest BCUT2D eigenvalue weighted by Crippen LogP contribution is -2.29. The fraction of sp³-hybridized carbons (Fsp3) is 0.462. The van der Waals surface area contributed by atoms with Gasteiger partial charge in [0.05, 0.1) is 26.9 Å². The number of aliphatic hydroxyl groups excluding tert-OH is 1. The SMILES string of the molecule is COc1ccc(C(CO)NC(C)=O)c(OC)c1C. The summed E-state index contributed by atoms with van der Waals surface area (Å²) in [4.78, 5) is 11.1. The quantitative estimate of drug-likeness (QED) is 0.827. The maximum atomic E-state index is 11.1. The van der Waals surface area contributed by atoms with Crippen molar-refractivity contribution in [2.24, 2.45) is 0 Å². The first-order chi connectivity index (χ1) is 8.54. The van der Waals surface area contributed by atoms with Crippen molar-refractivity contribution in [3.8, 4) is 11.5 Å². The molecule has 0 saturated carbocycles. The Balaban J connectivity index is 3.22. The van der Waals surface area contributed by atoms with Gasteiger partial charge in [0.2, 0.25) is 5.91 Å². The number of hydrogen-bond donors (Lipinski definition) is 2. The maximum absolute atomic E-state index is 11.1. The van der Waals surface area contributed by atoms with E-state index in [-0.39, 0.29) is 12.5 Å². The summed E-state index contributed by atoms with van der Waals surface area (Å²) in [5, 5.41) is 12.0. The number of methoxy groups -OCH3 is 2. The summed E-state index contributed by atoms with van der Waals surface area (Å²) in [7, 11) is 3.13. The first kappa shape index (κ1) is 14.3. The van der Waals surface area contributed by atoms with E-state index >= 15 is 0 Å². The van der Waals surface area contributed by atoms with Crippen molar-refractivity contribution in [3.05, 3.63) is 23.3 Å². The van der Waals surface area contributed by atoms with Crippen LogP contribution in [0.4, 0.5) is 0 Å². The number of rotatable bonds is 5. The molecule has 0 aliphatic carbocycles. The minimum atomic E-state index is -0.484. The van der Waals surface area contributed by atoms with Crippen LogP contribution in [0.5, 0.6) is 11.5 Å². The summed E-state index contributed by atoms with van der Waals surface area (Å²) in [6.07, 6.45) is 0. The van der Waals surface area contributed by atoms with Crippen LogP contribution in [0.3, 0.4) is 0 Å². The normalized spacial score (nSPS) is 11.8. The highest BCUT2D eigenvalue weighted by Crippen LogP contribution is 2.34. The third-order valence-electron chi connectivity index (χ3n) is 2.75. The molecule has 0 radical (unpaired) electrons. The Bertz CT molecular complexity index is 431. The zero-order chi connectivity index (χ0) is 13.7. The van der Waals surface area contributed by atoms with Gasteiger partial charge in [-0.05, 0) is 19.1 Å². The number of aliphatic hydroxyl groups is 1. The smallest absolute Gasteiger partial charge is 0.217 e. The number of nitrogens with one attached hydrogen (secondary N) is 1. The third-order valence-corrected chi connectivity index (χ3v) is 2.75. The van der Waals surface area contributed by atoms with Gasteiger partial charge in [-0.2, -0.15) is 0 Å². The minimum Gasteiger partial charge on any atom is -0.496 e. The number of carbonyl (C=O) groups excluding carboxylic acids is 1. The zero-order valence-electron chi connectivity index (χ0n) is 11.1. The fourth-order valence-corrected chi connectivity index (χ4v) is 1.93. The third kappa shape index (κ3) is 2.92. The number of carbonyl (C=O) groups is 1. The van der Waals surface area contributed by atoms with E-state index in [1.165, 1.54) is 6.92 Å². The van der Waals surface area contributed by atoms with Gasteiger partial charge in [-0.15, -0.1) is 0 Å². The molecule has 0 saturated heterocycles. The van der Waals surface area contributed by atoms with Crippen LogP contribution >= 0.6 is 0 Å². The van der Waals surface area contributed by atoms with Crippen molar-refractivity contribution in [2.75, 3.05) is 20.8 Å². The molecule has 0 aromatic heterocycles. The summed E-state index contributed by atoms with van der Waals surface area (Å²) in [5.41, 5.74) is 1.56. The van der Waals surface area contributed by atoms with Gasteiger partial charge in [0.1, 0.15) is 11.5 Å². The minimum absolute atomic E-state index is 0.193. The first-order valence-electron chi connectivity index (χ1n) is 5.64. The Hall–Kier alpha value is -1.75. The average Bonchev–Trinajstić information content (AvgIpc) is 2.35. The van der Waals surface area contributed by atoms with E-state index in [0.29, 0.717) is 11.5 Å². The Morgan fingerprint density at radius 2 is 2.06 bits per heavy atom. The van der Waals surface area contributed by atoms with E-state index < -0.39 is 6.04 Å². The highest BCUT2D eigenvalue weighted by Gasteiger charge is 2.19. The lowest BCUT2D eigenvalue weighted by molar-refractivity contribution is -0.120. The molecule has 1 atom stereocenters. The molecule has 5 nitrogen and oxygen atoms in total. The van der Waals surface area contributed by atoms with E-state index in [1.54, 1.807) is 26.4 Å². The number of benzene rings is 1. The van der Waals surface area contributed by atoms with E-state index in [9.17, 15) is 9.90 Å². The van der Waals surface area contributed by atoms with Crippen LogP contribution in [0, 0.1) is 6.92 Å². The molecule has 100 valence electrons. The molecule has 1 rings (SSSR count). The van der Waals surface area contributed by atoms with E-state index in [0.717, 1.165) is 11.1 Å². The Kier molecular flexibility index (Phi) is 4.97. The molecule has 2 N–H and O–H groups in total. The van der Waals surface area contributed by atoms with Crippen LogP contribution < -0.4 is 14.8 Å². The van der Waals surface area contributed by atoms with Crippen molar-refractivity contribution in [2.45, 2.75) is 19.9 Å².